The quantitative estimate of drug-likeness (QED) is 0.446. The summed E-state index contributed by atoms with van der Waals surface area (Å²) in [4.78, 5) is 0. The molecule has 2 unspecified atom stereocenters. The van der Waals surface area contributed by atoms with Gasteiger partial charge in [0.1, 0.15) is 0 Å². The molecule has 0 spiro atoms. The fraction of sp³-hybridized carbons (Fsp3) is 1.00. The number of unbranched alkanes of at least 4 members (excludes halogenated alkanes) is 1. The molecule has 2 saturated carbocycles. The summed E-state index contributed by atoms with van der Waals surface area (Å²) in [6.45, 7) is 7.12. The third-order valence-electron chi connectivity index (χ3n) is 7.64. The molecule has 0 radical (unpaired) electrons. The van der Waals surface area contributed by atoms with E-state index in [0.717, 1.165) is 17.8 Å². The first-order valence-corrected chi connectivity index (χ1v) is 13.8. The van der Waals surface area contributed by atoms with Gasteiger partial charge >= 0.3 is 0 Å². The highest BCUT2D eigenvalue weighted by Gasteiger charge is 2.11. The Balaban J connectivity index is 0.000000467. The van der Waals surface area contributed by atoms with Crippen molar-refractivity contribution < 1.29 is 0 Å². The second-order valence-electron chi connectivity index (χ2n) is 10.4. The zero-order valence-electron chi connectivity index (χ0n) is 20.3. The highest BCUT2D eigenvalue weighted by molar-refractivity contribution is 4.65. The first-order chi connectivity index (χ1) is 13.8. The molecule has 0 heteroatoms. The largest absolute Gasteiger partial charge is 0.0654 e. The Morgan fingerprint density at radius 1 is 0.500 bits per heavy atom. The molecule has 2 aliphatic rings. The van der Waals surface area contributed by atoms with E-state index in [1.807, 2.05) is 0 Å². The van der Waals surface area contributed by atoms with Crippen molar-refractivity contribution in [3.05, 3.63) is 0 Å². The summed E-state index contributed by atoms with van der Waals surface area (Å²) < 4.78 is 0. The van der Waals surface area contributed by atoms with Crippen molar-refractivity contribution in [3.63, 3.8) is 0 Å². The van der Waals surface area contributed by atoms with E-state index in [9.17, 15) is 0 Å². The summed E-state index contributed by atoms with van der Waals surface area (Å²) in [5, 5.41) is 0. The molecule has 28 heavy (non-hydrogen) atoms. The van der Waals surface area contributed by atoms with Crippen molar-refractivity contribution >= 4 is 0 Å². The molecule has 0 aromatic heterocycles. The highest BCUT2D eigenvalue weighted by Crippen LogP contribution is 2.27. The lowest BCUT2D eigenvalue weighted by Crippen LogP contribution is -2.04. The molecule has 0 N–H and O–H groups in total. The van der Waals surface area contributed by atoms with Crippen LogP contribution in [0.3, 0.4) is 0 Å². The minimum absolute atomic E-state index is 1.03. The van der Waals surface area contributed by atoms with E-state index < -0.39 is 0 Å². The van der Waals surface area contributed by atoms with Crippen molar-refractivity contribution in [2.45, 2.75) is 162 Å². The number of hydrogen-bond donors (Lipinski definition) is 0. The van der Waals surface area contributed by atoms with Crippen molar-refractivity contribution in [2.24, 2.45) is 17.8 Å². The zero-order valence-corrected chi connectivity index (χ0v) is 20.3. The summed E-state index contributed by atoms with van der Waals surface area (Å²) in [5.41, 5.74) is 0. The fourth-order valence-corrected chi connectivity index (χ4v) is 5.41. The first kappa shape index (κ1) is 26.0. The van der Waals surface area contributed by atoms with Gasteiger partial charge in [-0.05, 0) is 17.8 Å². The maximum Gasteiger partial charge on any atom is -0.0414 e. The minimum atomic E-state index is 1.03. The predicted octanol–water partition coefficient (Wildman–Crippen LogP) is 10.5. The molecule has 0 amide bonds. The van der Waals surface area contributed by atoms with Crippen LogP contribution < -0.4 is 0 Å². The molecular weight excluding hydrogens is 336 g/mol. The molecule has 168 valence electrons. The average molecular weight is 393 g/mol. The molecule has 2 atom stereocenters. The molecule has 2 fully saturated rings. The third kappa shape index (κ3) is 14.9. The lowest BCUT2D eigenvalue weighted by Gasteiger charge is -2.19. The summed E-state index contributed by atoms with van der Waals surface area (Å²) in [6, 6.07) is 0. The molecule has 0 aromatic carbocycles. The van der Waals surface area contributed by atoms with Crippen LogP contribution in [-0.4, -0.2) is 0 Å². The van der Waals surface area contributed by atoms with Crippen LogP contribution in [0.4, 0.5) is 0 Å². The van der Waals surface area contributed by atoms with Gasteiger partial charge in [0.2, 0.25) is 0 Å². The highest BCUT2D eigenvalue weighted by atomic mass is 14.2. The van der Waals surface area contributed by atoms with Crippen LogP contribution in [0.2, 0.25) is 0 Å². The van der Waals surface area contributed by atoms with E-state index in [-0.39, 0.29) is 0 Å². The summed E-state index contributed by atoms with van der Waals surface area (Å²) >= 11 is 0. The van der Waals surface area contributed by atoms with E-state index in [1.54, 1.807) is 0 Å². The smallest absolute Gasteiger partial charge is 0.0414 e. The van der Waals surface area contributed by atoms with Gasteiger partial charge in [-0.25, -0.2) is 0 Å². The molecule has 0 aliphatic heterocycles. The fourth-order valence-electron chi connectivity index (χ4n) is 5.41. The van der Waals surface area contributed by atoms with Crippen molar-refractivity contribution in [1.29, 1.82) is 0 Å². The second kappa shape index (κ2) is 19.0. The summed E-state index contributed by atoms with van der Waals surface area (Å²) in [7, 11) is 0. The maximum atomic E-state index is 2.41. The molecule has 0 saturated heterocycles. The summed E-state index contributed by atoms with van der Waals surface area (Å²) in [6.07, 6.45) is 32.8. The van der Waals surface area contributed by atoms with Gasteiger partial charge < -0.3 is 0 Å². The van der Waals surface area contributed by atoms with Gasteiger partial charge in [0.05, 0.1) is 0 Å². The molecule has 0 heterocycles. The van der Waals surface area contributed by atoms with Gasteiger partial charge in [0.25, 0.3) is 0 Å². The van der Waals surface area contributed by atoms with E-state index in [0.29, 0.717) is 0 Å². The van der Waals surface area contributed by atoms with Crippen LogP contribution in [0.15, 0.2) is 0 Å². The van der Waals surface area contributed by atoms with Gasteiger partial charge in [-0.2, -0.15) is 0 Å². The van der Waals surface area contributed by atoms with E-state index in [4.69, 9.17) is 0 Å². The minimum Gasteiger partial charge on any atom is -0.0654 e. The Hall–Kier alpha value is 0. The maximum absolute atomic E-state index is 2.41. The van der Waals surface area contributed by atoms with Crippen molar-refractivity contribution in [1.82, 2.24) is 0 Å². The van der Waals surface area contributed by atoms with E-state index in [1.165, 1.54) is 141 Å². The normalized spacial score (nSPS) is 27.1. The molecular formula is C28H56. The Bertz CT molecular complexity index is 301. The number of hydrogen-bond acceptors (Lipinski definition) is 0. The van der Waals surface area contributed by atoms with Crippen LogP contribution >= 0.6 is 0 Å². The average Bonchev–Trinajstić information content (AvgIpc) is 2.72. The van der Waals surface area contributed by atoms with Gasteiger partial charge in [-0.1, -0.05) is 162 Å². The monoisotopic (exact) mass is 392 g/mol. The first-order valence-electron chi connectivity index (χ1n) is 13.8. The van der Waals surface area contributed by atoms with Gasteiger partial charge in [0, 0.05) is 0 Å². The Morgan fingerprint density at radius 2 is 0.929 bits per heavy atom. The molecule has 0 bridgehead atoms. The molecule has 2 rings (SSSR count). The summed E-state index contributed by atoms with van der Waals surface area (Å²) in [5.74, 6) is 3.11. The lowest BCUT2D eigenvalue weighted by atomic mass is 9.87. The zero-order chi connectivity index (χ0) is 20.3. The lowest BCUT2D eigenvalue weighted by molar-refractivity contribution is 0.342. The number of rotatable bonds is 4. The van der Waals surface area contributed by atoms with Crippen LogP contribution in [0.1, 0.15) is 162 Å². The molecule has 0 aromatic rings. The van der Waals surface area contributed by atoms with E-state index in [2.05, 4.69) is 20.8 Å². The van der Waals surface area contributed by atoms with Crippen LogP contribution in [0.5, 0.6) is 0 Å². The predicted molar refractivity (Wildman–Crippen MR) is 129 cm³/mol. The Labute approximate surface area is 180 Å². The van der Waals surface area contributed by atoms with Gasteiger partial charge in [-0.3, -0.25) is 0 Å². The topological polar surface area (TPSA) is 0 Å². The Kier molecular flexibility index (Phi) is 17.7. The second-order valence-corrected chi connectivity index (χ2v) is 10.4. The third-order valence-corrected chi connectivity index (χ3v) is 7.64. The van der Waals surface area contributed by atoms with Crippen LogP contribution in [0, 0.1) is 17.8 Å². The van der Waals surface area contributed by atoms with Crippen LogP contribution in [0.25, 0.3) is 0 Å². The van der Waals surface area contributed by atoms with Crippen LogP contribution in [-0.2, 0) is 0 Å². The Morgan fingerprint density at radius 3 is 1.43 bits per heavy atom. The van der Waals surface area contributed by atoms with Crippen molar-refractivity contribution in [2.75, 3.05) is 0 Å². The SMILES string of the molecule is CC1CCCCC1.CCCCC1CCCCCCCCCCC(CC)CCC1. The van der Waals surface area contributed by atoms with Crippen molar-refractivity contribution in [3.8, 4) is 0 Å². The molecule has 0 nitrogen and oxygen atoms in total. The van der Waals surface area contributed by atoms with Gasteiger partial charge in [-0.15, -0.1) is 0 Å². The molecule has 2 aliphatic carbocycles. The van der Waals surface area contributed by atoms with E-state index >= 15 is 0 Å². The standard InChI is InChI=1S/C21H42.C7H14/c1-3-5-15-21-17-13-11-9-7-6-8-10-12-16-20(4-2)18-14-19-21;1-7-5-3-2-4-6-7/h20-21H,3-19H2,1-2H3;7H,2-6H2,1H3. The van der Waals surface area contributed by atoms with Gasteiger partial charge in [0.15, 0.2) is 0 Å².